The van der Waals surface area contributed by atoms with Crippen LogP contribution in [0.15, 0.2) is 36.4 Å². The molecule has 0 radical (unpaired) electrons. The number of hydrogen-bond acceptors (Lipinski definition) is 4. The zero-order chi connectivity index (χ0) is 28.2. The molecule has 2 aromatic rings. The third kappa shape index (κ3) is 6.03. The Morgan fingerprint density at radius 1 is 0.730 bits per heavy atom. The molecule has 0 amide bonds. The molecule has 206 valence electrons. The number of hydrogen-bond donors (Lipinski definition) is 1. The average molecular weight is 542 g/mol. The summed E-state index contributed by atoms with van der Waals surface area (Å²) in [6.07, 6.45) is -0.254. The van der Waals surface area contributed by atoms with Gasteiger partial charge in [0.2, 0.25) is 0 Å². The number of benzene rings is 2. The lowest BCUT2D eigenvalue weighted by atomic mass is 9.78. The van der Waals surface area contributed by atoms with Crippen LogP contribution in [0.1, 0.15) is 85.6 Å². The summed E-state index contributed by atoms with van der Waals surface area (Å²) in [4.78, 5) is 0. The van der Waals surface area contributed by atoms with Crippen molar-refractivity contribution < 1.29 is 13.6 Å². The number of methoxy groups -OCH3 is 1. The zero-order valence-electron chi connectivity index (χ0n) is 25.8. The van der Waals surface area contributed by atoms with E-state index < -0.39 is 16.6 Å². The van der Waals surface area contributed by atoms with Crippen LogP contribution in [-0.2, 0) is 8.85 Å². The highest BCUT2D eigenvalue weighted by molar-refractivity contribution is 6.74. The maximum Gasteiger partial charge on any atom is 0.193 e. The Hall–Kier alpha value is -1.61. The predicted octanol–water partition coefficient (Wildman–Crippen LogP) is 9.71. The predicted molar refractivity (Wildman–Crippen MR) is 164 cm³/mol. The van der Waals surface area contributed by atoms with E-state index in [0.29, 0.717) is 0 Å². The molecule has 0 spiro atoms. The van der Waals surface area contributed by atoms with Crippen molar-refractivity contribution in [1.82, 2.24) is 0 Å². The van der Waals surface area contributed by atoms with Gasteiger partial charge in [-0.25, -0.2) is 0 Å². The van der Waals surface area contributed by atoms with Gasteiger partial charge in [0.15, 0.2) is 16.6 Å². The summed E-state index contributed by atoms with van der Waals surface area (Å²) < 4.78 is 20.5. The van der Waals surface area contributed by atoms with E-state index in [4.69, 9.17) is 13.6 Å². The molecule has 2 atom stereocenters. The second-order valence-corrected chi connectivity index (χ2v) is 24.2. The van der Waals surface area contributed by atoms with E-state index in [1.165, 1.54) is 5.56 Å². The van der Waals surface area contributed by atoms with Crippen LogP contribution in [0.5, 0.6) is 5.75 Å². The molecule has 0 unspecified atom stereocenters. The molecule has 1 aliphatic carbocycles. The number of rotatable bonds is 7. The highest BCUT2D eigenvalue weighted by Gasteiger charge is 2.52. The van der Waals surface area contributed by atoms with Crippen molar-refractivity contribution in [2.45, 2.75) is 116 Å². The van der Waals surface area contributed by atoms with E-state index in [1.54, 1.807) is 7.11 Å². The summed E-state index contributed by atoms with van der Waals surface area (Å²) in [5.74, 6) is 0.880. The molecule has 3 rings (SSSR count). The molecule has 0 aliphatic heterocycles. The Bertz CT molecular complexity index is 1110. The third-order valence-electron chi connectivity index (χ3n) is 8.46. The van der Waals surface area contributed by atoms with Gasteiger partial charge in [-0.2, -0.15) is 0 Å². The van der Waals surface area contributed by atoms with Gasteiger partial charge in [0, 0.05) is 16.7 Å². The SMILES string of the molecule is COc1c(NC(C)(C)C)c(-c2ccccc2)cc2c1[C@H](O[Si](C)(C)C(C)(C)C)[C@@H]2O[Si](C)(C)C(C)(C)C. The summed E-state index contributed by atoms with van der Waals surface area (Å²) in [7, 11) is -2.37. The van der Waals surface area contributed by atoms with Crippen molar-refractivity contribution in [2.75, 3.05) is 12.4 Å². The van der Waals surface area contributed by atoms with Crippen molar-refractivity contribution in [1.29, 1.82) is 0 Å². The van der Waals surface area contributed by atoms with Crippen molar-refractivity contribution >= 4 is 22.3 Å². The topological polar surface area (TPSA) is 39.7 Å². The minimum atomic E-state index is -2.09. The summed E-state index contributed by atoms with van der Waals surface area (Å²) in [5, 5.41) is 3.96. The Labute approximate surface area is 228 Å². The monoisotopic (exact) mass is 541 g/mol. The van der Waals surface area contributed by atoms with Gasteiger partial charge in [-0.15, -0.1) is 0 Å². The first-order valence-electron chi connectivity index (χ1n) is 13.6. The Kier molecular flexibility index (Phi) is 7.97. The third-order valence-corrected chi connectivity index (χ3v) is 17.4. The maximum absolute atomic E-state index is 7.14. The summed E-state index contributed by atoms with van der Waals surface area (Å²) >= 11 is 0. The number of fused-ring (bicyclic) bond motifs is 1. The van der Waals surface area contributed by atoms with Gasteiger partial charge in [-0.05, 0) is 74.2 Å². The lowest BCUT2D eigenvalue weighted by Crippen LogP contribution is -2.49. The normalized spacial score (nSPS) is 18.8. The molecule has 0 saturated carbocycles. The van der Waals surface area contributed by atoms with Crippen molar-refractivity contribution in [2.24, 2.45) is 0 Å². The van der Waals surface area contributed by atoms with Crippen LogP contribution in [0.3, 0.4) is 0 Å². The van der Waals surface area contributed by atoms with Gasteiger partial charge < -0.3 is 18.9 Å². The Morgan fingerprint density at radius 2 is 1.22 bits per heavy atom. The van der Waals surface area contributed by atoms with E-state index in [2.05, 4.69) is 130 Å². The molecule has 0 saturated heterocycles. The molecule has 1 N–H and O–H groups in total. The molecule has 37 heavy (non-hydrogen) atoms. The molecule has 1 aliphatic rings. The van der Waals surface area contributed by atoms with Crippen LogP contribution in [-0.4, -0.2) is 29.3 Å². The number of ether oxygens (including phenoxy) is 1. The minimum Gasteiger partial charge on any atom is -0.494 e. The van der Waals surface area contributed by atoms with Gasteiger partial charge in [-0.3, -0.25) is 0 Å². The molecule has 0 heterocycles. The fraction of sp³-hybridized carbons (Fsp3) is 0.613. The zero-order valence-corrected chi connectivity index (χ0v) is 27.8. The second kappa shape index (κ2) is 9.85. The molecule has 0 aromatic heterocycles. The van der Waals surface area contributed by atoms with Crippen molar-refractivity contribution in [3.05, 3.63) is 47.5 Å². The summed E-state index contributed by atoms with van der Waals surface area (Å²) in [6.45, 7) is 29.7. The van der Waals surface area contributed by atoms with E-state index in [1.807, 2.05) is 0 Å². The van der Waals surface area contributed by atoms with Crippen LogP contribution in [0.25, 0.3) is 11.1 Å². The molecule has 6 heteroatoms. The second-order valence-electron chi connectivity index (χ2n) is 14.7. The van der Waals surface area contributed by atoms with Gasteiger partial charge in [0.1, 0.15) is 18.0 Å². The smallest absolute Gasteiger partial charge is 0.193 e. The molecule has 2 aromatic carbocycles. The summed E-state index contributed by atoms with van der Waals surface area (Å²) in [5.41, 5.74) is 5.53. The van der Waals surface area contributed by atoms with Gasteiger partial charge >= 0.3 is 0 Å². The molecule has 4 nitrogen and oxygen atoms in total. The van der Waals surface area contributed by atoms with Crippen molar-refractivity contribution in [3.63, 3.8) is 0 Å². The average Bonchev–Trinajstić information content (AvgIpc) is 2.74. The van der Waals surface area contributed by atoms with E-state index in [0.717, 1.165) is 28.1 Å². The van der Waals surface area contributed by atoms with Crippen LogP contribution in [0.2, 0.25) is 36.3 Å². The molecular formula is C31H51NO3Si2. The van der Waals surface area contributed by atoms with Crippen LogP contribution in [0, 0.1) is 0 Å². The van der Waals surface area contributed by atoms with Crippen LogP contribution >= 0.6 is 0 Å². The first kappa shape index (κ1) is 29.9. The fourth-order valence-corrected chi connectivity index (χ4v) is 6.70. The first-order valence-corrected chi connectivity index (χ1v) is 19.5. The molecule has 0 fully saturated rings. The maximum atomic E-state index is 7.14. The van der Waals surface area contributed by atoms with Gasteiger partial charge in [0.05, 0.1) is 12.8 Å². The van der Waals surface area contributed by atoms with E-state index in [9.17, 15) is 0 Å². The number of nitrogens with one attached hydrogen (secondary N) is 1. The highest BCUT2D eigenvalue weighted by Crippen LogP contribution is 2.60. The largest absolute Gasteiger partial charge is 0.494 e. The van der Waals surface area contributed by atoms with E-state index in [-0.39, 0.29) is 27.8 Å². The standard InChI is InChI=1S/C31H51NO3Si2/c1-29(2,3)32-25-22(21-18-16-15-17-19-21)20-23-24(27(25)33-10)28(35-37(13,14)31(7,8)9)26(23)34-36(11,12)30(4,5)6/h15-20,26,28,32H,1-14H3/t26-,28+/m1/s1. The Morgan fingerprint density at radius 3 is 1.65 bits per heavy atom. The van der Waals surface area contributed by atoms with Crippen molar-refractivity contribution in [3.8, 4) is 16.9 Å². The van der Waals surface area contributed by atoms with Gasteiger partial charge in [0.25, 0.3) is 0 Å². The minimum absolute atomic E-state index is 0.0913. The lowest BCUT2D eigenvalue weighted by molar-refractivity contribution is 0.00216. The quantitative estimate of drug-likeness (QED) is 0.354. The van der Waals surface area contributed by atoms with E-state index >= 15 is 0 Å². The van der Waals surface area contributed by atoms with Crippen LogP contribution in [0.4, 0.5) is 5.69 Å². The lowest BCUT2D eigenvalue weighted by Gasteiger charge is -2.51. The van der Waals surface area contributed by atoms with Gasteiger partial charge in [-0.1, -0.05) is 71.9 Å². The molecular weight excluding hydrogens is 491 g/mol. The summed E-state index contributed by atoms with van der Waals surface area (Å²) in [6, 6.07) is 12.9. The first-order chi connectivity index (χ1) is 16.7. The fourth-order valence-electron chi connectivity index (χ4n) is 4.23. The highest BCUT2D eigenvalue weighted by atomic mass is 28.4. The molecule has 0 bridgehead atoms. The number of anilines is 1. The van der Waals surface area contributed by atoms with Crippen LogP contribution < -0.4 is 10.1 Å². The Balaban J connectivity index is 2.28.